The van der Waals surface area contributed by atoms with Crippen molar-refractivity contribution in [2.75, 3.05) is 0 Å². The number of benzene rings is 1. The summed E-state index contributed by atoms with van der Waals surface area (Å²) in [7, 11) is 0. The Hall–Kier alpha value is -0.920. The fourth-order valence-corrected chi connectivity index (χ4v) is 2.26. The molecule has 0 atom stereocenters. The summed E-state index contributed by atoms with van der Waals surface area (Å²) in [5.74, 6) is 0. The highest BCUT2D eigenvalue weighted by atomic mass is 35.5. The first-order valence-corrected chi connectivity index (χ1v) is 4.71. The maximum Gasteiger partial charge on any atom is 0.139 e. The first kappa shape index (κ1) is 7.48. The Bertz CT molecular complexity index is 460. The van der Waals surface area contributed by atoms with Crippen molar-refractivity contribution >= 4 is 35.0 Å². The summed E-state index contributed by atoms with van der Waals surface area (Å²) in [6.07, 6.45) is 1.93. The minimum Gasteiger partial charge on any atom is -0.285 e. The predicted octanol–water partition coefficient (Wildman–Crippen LogP) is 3.42. The molecule has 0 spiro atoms. The van der Waals surface area contributed by atoms with Gasteiger partial charge in [-0.15, -0.1) is 0 Å². The summed E-state index contributed by atoms with van der Waals surface area (Å²) in [5, 5.41) is 1.42. The van der Waals surface area contributed by atoms with Crippen molar-refractivity contribution in [1.29, 1.82) is 0 Å². The van der Waals surface area contributed by atoms with Gasteiger partial charge >= 0.3 is 0 Å². The highest BCUT2D eigenvalue weighted by Gasteiger charge is 2.39. The topological polar surface area (TPSA) is 3.01 Å². The van der Waals surface area contributed by atoms with Gasteiger partial charge in [0.15, 0.2) is 0 Å². The van der Waals surface area contributed by atoms with E-state index in [0.717, 1.165) is 22.0 Å². The van der Waals surface area contributed by atoms with E-state index in [9.17, 15) is 0 Å². The maximum atomic E-state index is 5.99. The Morgan fingerprint density at radius 2 is 1.85 bits per heavy atom. The minimum absolute atomic E-state index is 0.679. The van der Waals surface area contributed by atoms with Gasteiger partial charge in [-0.05, 0) is 11.6 Å². The summed E-state index contributed by atoms with van der Waals surface area (Å²) in [5.41, 5.74) is 3.34. The van der Waals surface area contributed by atoms with Gasteiger partial charge in [0.1, 0.15) is 10.3 Å². The SMILES string of the molecule is ClC1=Cc2ccccc2C2=C(Cl)N12. The molecule has 0 radical (unpaired) electrons. The zero-order chi connectivity index (χ0) is 9.00. The first-order valence-electron chi connectivity index (χ1n) is 3.95. The molecular formula is C10H5Cl2N. The molecule has 1 aromatic carbocycles. The van der Waals surface area contributed by atoms with Gasteiger partial charge in [-0.1, -0.05) is 47.5 Å². The molecule has 0 aromatic heterocycles. The van der Waals surface area contributed by atoms with Crippen LogP contribution in [0.15, 0.2) is 34.6 Å². The summed E-state index contributed by atoms with van der Waals surface area (Å²) >= 11 is 12.0. The summed E-state index contributed by atoms with van der Waals surface area (Å²) in [4.78, 5) is 1.84. The van der Waals surface area contributed by atoms with E-state index in [2.05, 4.69) is 0 Å². The molecule has 1 aromatic rings. The largest absolute Gasteiger partial charge is 0.285 e. The molecule has 0 unspecified atom stereocenters. The Morgan fingerprint density at radius 1 is 1.08 bits per heavy atom. The van der Waals surface area contributed by atoms with Crippen LogP contribution in [0.1, 0.15) is 11.1 Å². The van der Waals surface area contributed by atoms with Crippen LogP contribution in [-0.4, -0.2) is 4.90 Å². The third-order valence-electron chi connectivity index (χ3n) is 2.27. The average molecular weight is 210 g/mol. The zero-order valence-electron chi connectivity index (χ0n) is 6.59. The lowest BCUT2D eigenvalue weighted by atomic mass is 10.1. The van der Waals surface area contributed by atoms with Crippen LogP contribution >= 0.6 is 23.2 Å². The molecule has 2 aliphatic rings. The zero-order valence-corrected chi connectivity index (χ0v) is 8.10. The molecule has 0 aliphatic carbocycles. The van der Waals surface area contributed by atoms with E-state index < -0.39 is 0 Å². The van der Waals surface area contributed by atoms with Crippen LogP contribution in [0.25, 0.3) is 11.8 Å². The Morgan fingerprint density at radius 3 is 2.69 bits per heavy atom. The third-order valence-corrected chi connectivity index (χ3v) is 2.90. The third kappa shape index (κ3) is 0.888. The summed E-state index contributed by atoms with van der Waals surface area (Å²) < 4.78 is 0. The Labute approximate surface area is 85.9 Å². The molecule has 1 nitrogen and oxygen atoms in total. The smallest absolute Gasteiger partial charge is 0.139 e. The minimum atomic E-state index is 0.679. The van der Waals surface area contributed by atoms with Crippen molar-refractivity contribution in [2.45, 2.75) is 0 Å². The highest BCUT2D eigenvalue weighted by molar-refractivity contribution is 6.41. The second-order valence-corrected chi connectivity index (χ2v) is 3.77. The maximum absolute atomic E-state index is 5.99. The Balaban J connectivity index is 2.28. The summed E-state index contributed by atoms with van der Waals surface area (Å²) in [6.45, 7) is 0. The number of rotatable bonds is 0. The molecular weight excluding hydrogens is 205 g/mol. The number of halogens is 2. The van der Waals surface area contributed by atoms with Crippen LogP contribution in [0.5, 0.6) is 0 Å². The molecule has 0 saturated heterocycles. The van der Waals surface area contributed by atoms with Gasteiger partial charge in [0.2, 0.25) is 0 Å². The fraction of sp³-hybridized carbons (Fsp3) is 0. The molecule has 0 bridgehead atoms. The van der Waals surface area contributed by atoms with Gasteiger partial charge in [0.05, 0.1) is 5.70 Å². The molecule has 2 aliphatic heterocycles. The molecule has 3 heteroatoms. The van der Waals surface area contributed by atoms with E-state index >= 15 is 0 Å². The average Bonchev–Trinajstić information content (AvgIpc) is 2.79. The standard InChI is InChI=1S/C10H5Cl2N/c11-8-5-6-3-1-2-4-7(6)9-10(12)13(8)9/h1-5H. The quantitative estimate of drug-likeness (QED) is 0.593. The highest BCUT2D eigenvalue weighted by Crippen LogP contribution is 2.51. The number of hydrogen-bond donors (Lipinski definition) is 0. The molecule has 0 amide bonds. The first-order chi connectivity index (χ1) is 6.29. The van der Waals surface area contributed by atoms with E-state index in [4.69, 9.17) is 23.2 Å². The second kappa shape index (κ2) is 2.31. The van der Waals surface area contributed by atoms with Crippen molar-refractivity contribution in [1.82, 2.24) is 4.90 Å². The van der Waals surface area contributed by atoms with E-state index in [-0.39, 0.29) is 0 Å². The lowest BCUT2D eigenvalue weighted by Crippen LogP contribution is -2.00. The second-order valence-electron chi connectivity index (χ2n) is 3.03. The normalized spacial score (nSPS) is 18.0. The van der Waals surface area contributed by atoms with Crippen LogP contribution in [0.4, 0.5) is 0 Å². The molecule has 0 N–H and O–H groups in total. The van der Waals surface area contributed by atoms with E-state index in [0.29, 0.717) is 5.16 Å². The summed E-state index contributed by atoms with van der Waals surface area (Å²) in [6, 6.07) is 8.07. The lowest BCUT2D eigenvalue weighted by Gasteiger charge is -2.12. The van der Waals surface area contributed by atoms with Crippen molar-refractivity contribution in [3.63, 3.8) is 0 Å². The van der Waals surface area contributed by atoms with Crippen molar-refractivity contribution < 1.29 is 0 Å². The predicted molar refractivity (Wildman–Crippen MR) is 54.9 cm³/mol. The van der Waals surface area contributed by atoms with Crippen molar-refractivity contribution in [2.24, 2.45) is 0 Å². The van der Waals surface area contributed by atoms with Gasteiger partial charge in [-0.2, -0.15) is 0 Å². The van der Waals surface area contributed by atoms with Crippen LogP contribution < -0.4 is 0 Å². The number of fused-ring (bicyclic) bond motifs is 3. The number of nitrogens with zero attached hydrogens (tertiary/aromatic N) is 1. The van der Waals surface area contributed by atoms with Gasteiger partial charge in [0.25, 0.3) is 0 Å². The van der Waals surface area contributed by atoms with Gasteiger partial charge in [0, 0.05) is 5.56 Å². The van der Waals surface area contributed by atoms with Crippen LogP contribution in [0, 0.1) is 0 Å². The van der Waals surface area contributed by atoms with Crippen LogP contribution in [-0.2, 0) is 0 Å². The van der Waals surface area contributed by atoms with Gasteiger partial charge < -0.3 is 0 Å². The van der Waals surface area contributed by atoms with Gasteiger partial charge in [-0.3, -0.25) is 4.90 Å². The van der Waals surface area contributed by atoms with Crippen LogP contribution in [0.3, 0.4) is 0 Å². The monoisotopic (exact) mass is 209 g/mol. The van der Waals surface area contributed by atoms with E-state index in [1.165, 1.54) is 0 Å². The van der Waals surface area contributed by atoms with Gasteiger partial charge in [-0.25, -0.2) is 0 Å². The Kier molecular flexibility index (Phi) is 1.33. The lowest BCUT2D eigenvalue weighted by molar-refractivity contribution is 0.818. The van der Waals surface area contributed by atoms with Crippen molar-refractivity contribution in [3.8, 4) is 0 Å². The fourth-order valence-electron chi connectivity index (χ4n) is 1.61. The molecule has 0 fully saturated rings. The van der Waals surface area contributed by atoms with E-state index in [1.54, 1.807) is 0 Å². The van der Waals surface area contributed by atoms with E-state index in [1.807, 2.05) is 35.2 Å². The molecule has 3 rings (SSSR count). The molecule has 0 saturated carbocycles. The van der Waals surface area contributed by atoms with Crippen LogP contribution in [0.2, 0.25) is 0 Å². The number of hydrogen-bond acceptors (Lipinski definition) is 1. The molecule has 13 heavy (non-hydrogen) atoms. The molecule has 64 valence electrons. The molecule has 2 heterocycles. The van der Waals surface area contributed by atoms with Crippen molar-refractivity contribution in [3.05, 3.63) is 45.7 Å².